The highest BCUT2D eigenvalue weighted by atomic mass is 35.5. The van der Waals surface area contributed by atoms with Crippen LogP contribution in [0.3, 0.4) is 0 Å². The lowest BCUT2D eigenvalue weighted by molar-refractivity contribution is 0.494. The second-order valence-electron chi connectivity index (χ2n) is 9.18. The Bertz CT molecular complexity index is 1420. The molecule has 2 fully saturated rings. The first-order valence-corrected chi connectivity index (χ1v) is 11.4. The van der Waals surface area contributed by atoms with Crippen molar-refractivity contribution in [2.45, 2.75) is 20.4 Å². The first-order valence-electron chi connectivity index (χ1n) is 10.6. The first-order chi connectivity index (χ1) is 15.7. The normalized spacial score (nSPS) is 20.4. The van der Waals surface area contributed by atoms with Gasteiger partial charge in [0.25, 0.3) is 5.56 Å². The van der Waals surface area contributed by atoms with Crippen LogP contribution in [0.25, 0.3) is 16.8 Å². The fraction of sp³-hybridized carbons (Fsp3) is 0.333. The van der Waals surface area contributed by atoms with Gasteiger partial charge in [-0.05, 0) is 41.0 Å². The van der Waals surface area contributed by atoms with Crippen LogP contribution in [0.2, 0.25) is 10.0 Å². The topological polar surface area (TPSA) is 83.9 Å². The summed E-state index contributed by atoms with van der Waals surface area (Å²) >= 11 is 12.4. The van der Waals surface area contributed by atoms with Gasteiger partial charge in [0, 0.05) is 24.3 Å². The summed E-state index contributed by atoms with van der Waals surface area (Å²) < 4.78 is 2.40. The van der Waals surface area contributed by atoms with Gasteiger partial charge < -0.3 is 4.90 Å². The zero-order valence-corrected chi connectivity index (χ0v) is 19.6. The first kappa shape index (κ1) is 21.7. The lowest BCUT2D eigenvalue weighted by Crippen LogP contribution is -2.44. The van der Waals surface area contributed by atoms with Gasteiger partial charge in [-0.3, -0.25) is 14.3 Å². The summed E-state index contributed by atoms with van der Waals surface area (Å²) in [6, 6.07) is 10.6. The van der Waals surface area contributed by atoms with Crippen molar-refractivity contribution in [3.8, 4) is 22.9 Å². The Morgan fingerprint density at radius 1 is 1.12 bits per heavy atom. The van der Waals surface area contributed by atoms with Crippen molar-refractivity contribution in [3.05, 3.63) is 73.6 Å². The molecule has 2 atom stereocenters. The van der Waals surface area contributed by atoms with Crippen LogP contribution in [0, 0.1) is 28.6 Å². The van der Waals surface area contributed by atoms with Crippen molar-refractivity contribution in [1.29, 1.82) is 5.26 Å². The second-order valence-corrected chi connectivity index (χ2v) is 10.0. The Morgan fingerprint density at radius 2 is 1.85 bits per heavy atom. The molecule has 33 heavy (non-hydrogen) atoms. The van der Waals surface area contributed by atoms with Crippen LogP contribution in [0.4, 0.5) is 5.82 Å². The molecule has 0 amide bonds. The molecule has 1 aliphatic heterocycles. The van der Waals surface area contributed by atoms with Gasteiger partial charge in [0.2, 0.25) is 0 Å². The van der Waals surface area contributed by atoms with E-state index in [0.29, 0.717) is 38.8 Å². The molecule has 1 aromatic carbocycles. The zero-order chi connectivity index (χ0) is 23.5. The predicted octanol–water partition coefficient (Wildman–Crippen LogP) is 3.98. The molecule has 9 heteroatoms. The average molecular weight is 482 g/mol. The van der Waals surface area contributed by atoms with Crippen LogP contribution in [0.1, 0.15) is 13.8 Å². The lowest BCUT2D eigenvalue weighted by atomic mass is 10.0. The van der Waals surface area contributed by atoms with Crippen LogP contribution < -0.4 is 16.1 Å². The van der Waals surface area contributed by atoms with Crippen LogP contribution in [-0.4, -0.2) is 27.2 Å². The summed E-state index contributed by atoms with van der Waals surface area (Å²) in [6.45, 7) is 5.72. The maximum Gasteiger partial charge on any atom is 0.338 e. The Morgan fingerprint density at radius 3 is 2.48 bits per heavy atom. The van der Waals surface area contributed by atoms with Crippen molar-refractivity contribution in [2.24, 2.45) is 17.3 Å². The molecule has 0 unspecified atom stereocenters. The Hall–Kier alpha value is -3.08. The minimum absolute atomic E-state index is 0.203. The molecule has 3 heterocycles. The second kappa shape index (κ2) is 7.75. The predicted molar refractivity (Wildman–Crippen MR) is 128 cm³/mol. The standard InChI is InChI=1S/C24H21Cl2N5O2/c1-24(2)18-12-29(13-19(18)24)21-20(14-4-3-5-15(25)8-14)22(32)31(23(33)30(21)7-6-27)17-9-16(26)10-28-11-17/h3-5,8-11,18-19H,7,12-13H2,1-2H3/t18-,19+. The molecule has 5 rings (SSSR count). The van der Waals surface area contributed by atoms with Crippen molar-refractivity contribution >= 4 is 29.0 Å². The van der Waals surface area contributed by atoms with E-state index in [1.807, 2.05) is 0 Å². The molecule has 3 aromatic rings. The number of rotatable bonds is 4. The summed E-state index contributed by atoms with van der Waals surface area (Å²) in [5, 5.41) is 10.3. The maximum absolute atomic E-state index is 13.9. The minimum atomic E-state index is -0.605. The fourth-order valence-corrected chi connectivity index (χ4v) is 5.49. The molecule has 0 bridgehead atoms. The minimum Gasteiger partial charge on any atom is -0.357 e. The van der Waals surface area contributed by atoms with E-state index in [2.05, 4.69) is 29.8 Å². The van der Waals surface area contributed by atoms with E-state index < -0.39 is 11.2 Å². The van der Waals surface area contributed by atoms with E-state index >= 15 is 0 Å². The number of fused-ring (bicyclic) bond motifs is 1. The number of anilines is 1. The number of hydrogen-bond donors (Lipinski definition) is 0. The van der Waals surface area contributed by atoms with Crippen molar-refractivity contribution in [3.63, 3.8) is 0 Å². The molecule has 168 valence electrons. The number of hydrogen-bond acceptors (Lipinski definition) is 5. The lowest BCUT2D eigenvalue weighted by Gasteiger charge is -2.29. The molecule has 1 saturated heterocycles. The van der Waals surface area contributed by atoms with Gasteiger partial charge in [0.15, 0.2) is 0 Å². The molecule has 0 spiro atoms. The number of halogens is 2. The van der Waals surface area contributed by atoms with Crippen LogP contribution in [0.15, 0.2) is 52.3 Å². The van der Waals surface area contributed by atoms with E-state index in [4.69, 9.17) is 23.2 Å². The molecule has 0 N–H and O–H groups in total. The highest BCUT2D eigenvalue weighted by Crippen LogP contribution is 2.62. The van der Waals surface area contributed by atoms with Crippen LogP contribution >= 0.6 is 23.2 Å². The Kier molecular flexibility index (Phi) is 5.11. The maximum atomic E-state index is 13.9. The highest BCUT2D eigenvalue weighted by Gasteiger charge is 2.62. The Balaban J connectivity index is 1.82. The van der Waals surface area contributed by atoms with Gasteiger partial charge in [-0.1, -0.05) is 49.2 Å². The summed E-state index contributed by atoms with van der Waals surface area (Å²) in [5.41, 5.74) is 0.282. The number of aromatic nitrogens is 3. The molecule has 0 radical (unpaired) electrons. The summed E-state index contributed by atoms with van der Waals surface area (Å²) in [7, 11) is 0. The number of pyridine rings is 1. The average Bonchev–Trinajstić information content (AvgIpc) is 3.10. The van der Waals surface area contributed by atoms with Gasteiger partial charge in [-0.2, -0.15) is 5.26 Å². The van der Waals surface area contributed by atoms with E-state index in [0.717, 1.165) is 17.7 Å². The van der Waals surface area contributed by atoms with Crippen molar-refractivity contribution in [2.75, 3.05) is 18.0 Å². The van der Waals surface area contributed by atoms with E-state index in [-0.39, 0.29) is 17.6 Å². The number of piperidine rings is 1. The number of nitrogens with zero attached hydrogens (tertiary/aromatic N) is 5. The molecular weight excluding hydrogens is 461 g/mol. The highest BCUT2D eigenvalue weighted by molar-refractivity contribution is 6.31. The Labute approximate surface area is 200 Å². The molecule has 1 saturated carbocycles. The van der Waals surface area contributed by atoms with Gasteiger partial charge in [-0.15, -0.1) is 0 Å². The van der Waals surface area contributed by atoms with Crippen LogP contribution in [0.5, 0.6) is 0 Å². The van der Waals surface area contributed by atoms with Gasteiger partial charge in [-0.25, -0.2) is 9.36 Å². The third-order valence-electron chi connectivity index (χ3n) is 7.03. The summed E-state index contributed by atoms with van der Waals surface area (Å²) in [6.07, 6.45) is 2.83. The summed E-state index contributed by atoms with van der Waals surface area (Å²) in [5.74, 6) is 1.42. The fourth-order valence-electron chi connectivity index (χ4n) is 5.13. The van der Waals surface area contributed by atoms with Gasteiger partial charge >= 0.3 is 5.69 Å². The SMILES string of the molecule is CC1(C)[C@@H]2CN(c3c(-c4cccc(Cl)c4)c(=O)n(-c4cncc(Cl)c4)c(=O)n3CC#N)C[C@@H]21. The molecule has 7 nitrogen and oxygen atoms in total. The number of benzene rings is 1. The van der Waals surface area contributed by atoms with Gasteiger partial charge in [0.1, 0.15) is 12.4 Å². The largest absolute Gasteiger partial charge is 0.357 e. The molecule has 2 aromatic heterocycles. The smallest absolute Gasteiger partial charge is 0.338 e. The number of nitriles is 1. The van der Waals surface area contributed by atoms with Crippen molar-refractivity contribution in [1.82, 2.24) is 14.1 Å². The molecule has 1 aliphatic carbocycles. The third-order valence-corrected chi connectivity index (χ3v) is 7.47. The van der Waals surface area contributed by atoms with Crippen LogP contribution in [-0.2, 0) is 6.54 Å². The van der Waals surface area contributed by atoms with E-state index in [9.17, 15) is 14.9 Å². The molecular formula is C24H21Cl2N5O2. The monoisotopic (exact) mass is 481 g/mol. The van der Waals surface area contributed by atoms with Crippen molar-refractivity contribution < 1.29 is 0 Å². The molecule has 2 aliphatic rings. The van der Waals surface area contributed by atoms with E-state index in [1.165, 1.54) is 23.0 Å². The van der Waals surface area contributed by atoms with Gasteiger partial charge in [0.05, 0.1) is 28.5 Å². The summed E-state index contributed by atoms with van der Waals surface area (Å²) in [4.78, 5) is 33.6. The third kappa shape index (κ3) is 3.45. The van der Waals surface area contributed by atoms with E-state index in [1.54, 1.807) is 24.3 Å². The quantitative estimate of drug-likeness (QED) is 0.562. The zero-order valence-electron chi connectivity index (χ0n) is 18.1.